The summed E-state index contributed by atoms with van der Waals surface area (Å²) >= 11 is 9.21. The van der Waals surface area contributed by atoms with Crippen LogP contribution in [0.25, 0.3) is 0 Å². The van der Waals surface area contributed by atoms with Gasteiger partial charge in [-0.05, 0) is 35.0 Å². The molecular formula is C11H9BrClFN4. The minimum atomic E-state index is -0.420. The Morgan fingerprint density at radius 1 is 1.39 bits per heavy atom. The number of benzene rings is 1. The summed E-state index contributed by atoms with van der Waals surface area (Å²) < 4.78 is 13.6. The van der Waals surface area contributed by atoms with E-state index in [9.17, 15) is 4.39 Å². The maximum absolute atomic E-state index is 13.1. The first-order chi connectivity index (χ1) is 8.49. The highest BCUT2D eigenvalue weighted by atomic mass is 79.9. The van der Waals surface area contributed by atoms with Crippen LogP contribution in [0.1, 0.15) is 5.56 Å². The Balaban J connectivity index is 2.43. The molecule has 0 radical (unpaired) electrons. The minimum Gasteiger partial charge on any atom is -0.383 e. The Labute approximate surface area is 117 Å². The van der Waals surface area contributed by atoms with Crippen LogP contribution in [0.5, 0.6) is 0 Å². The molecule has 2 rings (SSSR count). The summed E-state index contributed by atoms with van der Waals surface area (Å²) in [5.74, 6) is 0.481. The zero-order valence-corrected chi connectivity index (χ0v) is 11.7. The number of nitrogen functional groups attached to an aromatic ring is 1. The lowest BCUT2D eigenvalue weighted by molar-refractivity contribution is 0.627. The standard InChI is InChI=1S/C11H9BrClFN4/c1-5-10(15)16-4-17-11(5)18-9-7(12)2-6(14)3-8(9)13/h2-4H,1H3,(H3,15,16,17,18). The number of halogens is 3. The third kappa shape index (κ3) is 2.54. The summed E-state index contributed by atoms with van der Waals surface area (Å²) in [6.45, 7) is 1.78. The van der Waals surface area contributed by atoms with Gasteiger partial charge in [0, 0.05) is 10.0 Å². The molecule has 3 N–H and O–H groups in total. The van der Waals surface area contributed by atoms with Gasteiger partial charge in [-0.1, -0.05) is 11.6 Å². The van der Waals surface area contributed by atoms with Crippen LogP contribution < -0.4 is 11.1 Å². The highest BCUT2D eigenvalue weighted by Gasteiger charge is 2.11. The zero-order chi connectivity index (χ0) is 13.3. The number of anilines is 3. The Morgan fingerprint density at radius 3 is 2.78 bits per heavy atom. The van der Waals surface area contributed by atoms with E-state index in [1.54, 1.807) is 6.92 Å². The maximum atomic E-state index is 13.1. The van der Waals surface area contributed by atoms with E-state index in [1.807, 2.05) is 0 Å². The van der Waals surface area contributed by atoms with Gasteiger partial charge in [0.2, 0.25) is 0 Å². The summed E-state index contributed by atoms with van der Waals surface area (Å²) in [7, 11) is 0. The smallest absolute Gasteiger partial charge is 0.138 e. The average Bonchev–Trinajstić information content (AvgIpc) is 2.28. The quantitative estimate of drug-likeness (QED) is 0.881. The summed E-state index contributed by atoms with van der Waals surface area (Å²) in [5, 5.41) is 3.25. The van der Waals surface area contributed by atoms with Gasteiger partial charge in [-0.15, -0.1) is 0 Å². The molecule has 0 fully saturated rings. The molecule has 0 aliphatic heterocycles. The Kier molecular flexibility index (Phi) is 3.68. The van der Waals surface area contributed by atoms with Gasteiger partial charge >= 0.3 is 0 Å². The van der Waals surface area contributed by atoms with Crippen molar-refractivity contribution in [2.45, 2.75) is 6.92 Å². The number of nitrogens with zero attached hydrogens (tertiary/aromatic N) is 2. The Hall–Kier alpha value is -1.40. The van der Waals surface area contributed by atoms with Crippen LogP contribution in [0.4, 0.5) is 21.7 Å². The fourth-order valence-corrected chi connectivity index (χ4v) is 2.27. The van der Waals surface area contributed by atoms with E-state index in [1.165, 1.54) is 18.5 Å². The predicted octanol–water partition coefficient (Wildman–Crippen LogP) is 3.67. The molecule has 4 nitrogen and oxygen atoms in total. The predicted molar refractivity (Wildman–Crippen MR) is 73.6 cm³/mol. The number of aromatic nitrogens is 2. The summed E-state index contributed by atoms with van der Waals surface area (Å²) in [6, 6.07) is 2.53. The van der Waals surface area contributed by atoms with E-state index in [-0.39, 0.29) is 5.02 Å². The molecule has 0 spiro atoms. The van der Waals surface area contributed by atoms with Crippen molar-refractivity contribution in [3.05, 3.63) is 39.3 Å². The van der Waals surface area contributed by atoms with Crippen molar-refractivity contribution in [3.63, 3.8) is 0 Å². The van der Waals surface area contributed by atoms with Crippen LogP contribution in [0.3, 0.4) is 0 Å². The first-order valence-electron chi connectivity index (χ1n) is 4.97. The number of nitrogens with two attached hydrogens (primary N) is 1. The minimum absolute atomic E-state index is 0.249. The molecule has 18 heavy (non-hydrogen) atoms. The second kappa shape index (κ2) is 5.07. The monoisotopic (exact) mass is 330 g/mol. The molecule has 0 amide bonds. The number of rotatable bonds is 2. The lowest BCUT2D eigenvalue weighted by Gasteiger charge is -2.12. The van der Waals surface area contributed by atoms with E-state index in [0.717, 1.165) is 0 Å². The summed E-state index contributed by atoms with van der Waals surface area (Å²) in [5.41, 5.74) is 6.90. The van der Waals surface area contributed by atoms with Gasteiger partial charge in [-0.3, -0.25) is 0 Å². The van der Waals surface area contributed by atoms with Crippen LogP contribution in [0, 0.1) is 12.7 Å². The fraction of sp³-hybridized carbons (Fsp3) is 0.0909. The molecule has 0 unspecified atom stereocenters. The third-order valence-corrected chi connectivity index (χ3v) is 3.30. The lowest BCUT2D eigenvalue weighted by atomic mass is 10.2. The normalized spacial score (nSPS) is 10.4. The largest absolute Gasteiger partial charge is 0.383 e. The van der Waals surface area contributed by atoms with E-state index in [4.69, 9.17) is 17.3 Å². The van der Waals surface area contributed by atoms with Crippen LogP contribution in [0.15, 0.2) is 22.9 Å². The van der Waals surface area contributed by atoms with E-state index in [2.05, 4.69) is 31.2 Å². The van der Waals surface area contributed by atoms with Crippen molar-refractivity contribution in [2.75, 3.05) is 11.1 Å². The van der Waals surface area contributed by atoms with Crippen molar-refractivity contribution in [1.82, 2.24) is 9.97 Å². The topological polar surface area (TPSA) is 63.8 Å². The van der Waals surface area contributed by atoms with Crippen molar-refractivity contribution >= 4 is 44.9 Å². The van der Waals surface area contributed by atoms with Crippen molar-refractivity contribution in [3.8, 4) is 0 Å². The van der Waals surface area contributed by atoms with Crippen molar-refractivity contribution < 1.29 is 4.39 Å². The molecule has 0 atom stereocenters. The molecule has 94 valence electrons. The molecular weight excluding hydrogens is 323 g/mol. The first-order valence-corrected chi connectivity index (χ1v) is 6.14. The van der Waals surface area contributed by atoms with Gasteiger partial charge < -0.3 is 11.1 Å². The Morgan fingerprint density at radius 2 is 2.11 bits per heavy atom. The highest BCUT2D eigenvalue weighted by Crippen LogP contribution is 2.34. The van der Waals surface area contributed by atoms with Crippen LogP contribution >= 0.6 is 27.5 Å². The highest BCUT2D eigenvalue weighted by molar-refractivity contribution is 9.10. The molecule has 7 heteroatoms. The molecule has 1 aromatic carbocycles. The second-order valence-corrected chi connectivity index (χ2v) is 4.86. The third-order valence-electron chi connectivity index (χ3n) is 2.37. The van der Waals surface area contributed by atoms with E-state index < -0.39 is 5.82 Å². The number of nitrogens with one attached hydrogen (secondary N) is 1. The zero-order valence-electron chi connectivity index (χ0n) is 9.34. The van der Waals surface area contributed by atoms with Gasteiger partial charge in [0.25, 0.3) is 0 Å². The van der Waals surface area contributed by atoms with Gasteiger partial charge in [-0.2, -0.15) is 0 Å². The molecule has 0 saturated carbocycles. The van der Waals surface area contributed by atoms with Crippen LogP contribution in [-0.4, -0.2) is 9.97 Å². The number of hydrogen-bond donors (Lipinski definition) is 2. The SMILES string of the molecule is Cc1c(N)ncnc1Nc1c(Cl)cc(F)cc1Br. The van der Waals surface area contributed by atoms with Gasteiger partial charge in [0.1, 0.15) is 23.8 Å². The Bertz CT molecular complexity index is 583. The van der Waals surface area contributed by atoms with Crippen LogP contribution in [-0.2, 0) is 0 Å². The second-order valence-electron chi connectivity index (χ2n) is 3.60. The lowest BCUT2D eigenvalue weighted by Crippen LogP contribution is -2.03. The fourth-order valence-electron chi connectivity index (χ4n) is 1.37. The van der Waals surface area contributed by atoms with Crippen molar-refractivity contribution in [1.29, 1.82) is 0 Å². The van der Waals surface area contributed by atoms with Crippen molar-refractivity contribution in [2.24, 2.45) is 0 Å². The summed E-state index contributed by atoms with van der Waals surface area (Å²) in [4.78, 5) is 7.93. The van der Waals surface area contributed by atoms with E-state index >= 15 is 0 Å². The van der Waals surface area contributed by atoms with Gasteiger partial charge in [0.15, 0.2) is 0 Å². The average molecular weight is 332 g/mol. The molecule has 2 aromatic rings. The summed E-state index contributed by atoms with van der Waals surface area (Å²) in [6.07, 6.45) is 1.34. The first kappa shape index (κ1) is 13.0. The molecule has 0 bridgehead atoms. The van der Waals surface area contributed by atoms with E-state index in [0.29, 0.717) is 27.4 Å². The molecule has 1 heterocycles. The van der Waals surface area contributed by atoms with Gasteiger partial charge in [-0.25, -0.2) is 14.4 Å². The number of hydrogen-bond acceptors (Lipinski definition) is 4. The maximum Gasteiger partial charge on any atom is 0.138 e. The molecule has 1 aromatic heterocycles. The van der Waals surface area contributed by atoms with Gasteiger partial charge in [0.05, 0.1) is 10.7 Å². The molecule has 0 saturated heterocycles. The van der Waals surface area contributed by atoms with Crippen LogP contribution in [0.2, 0.25) is 5.02 Å². The molecule has 0 aliphatic carbocycles. The molecule has 0 aliphatic rings.